The highest BCUT2D eigenvalue weighted by Gasteiger charge is 2.28. The van der Waals surface area contributed by atoms with Crippen LogP contribution in [0, 0.1) is 5.92 Å². The molecule has 1 atom stereocenters. The summed E-state index contributed by atoms with van der Waals surface area (Å²) >= 11 is 2.41. The summed E-state index contributed by atoms with van der Waals surface area (Å²) in [5.74, 6) is 10.1. The van der Waals surface area contributed by atoms with Crippen molar-refractivity contribution >= 4 is 60.0 Å². The summed E-state index contributed by atoms with van der Waals surface area (Å²) in [6.07, 6.45) is -0.376. The second kappa shape index (κ2) is 14.7. The minimum Gasteiger partial charge on any atom is -0.444 e. The van der Waals surface area contributed by atoms with Crippen LogP contribution in [0.2, 0.25) is 0 Å². The first-order valence-electron chi connectivity index (χ1n) is 13.0. The SMILES string of the molecule is CC(C)CN(C[C@@H](O)CNC(=O)OCc1cncs1)S(=O)(=O)c1ccc2nc(NC(=O)c3cc(ON)cc(ON)c3)sc2c1. The van der Waals surface area contributed by atoms with Crippen molar-refractivity contribution in [1.82, 2.24) is 19.6 Å². The maximum absolute atomic E-state index is 13.7. The van der Waals surface area contributed by atoms with E-state index in [4.69, 9.17) is 16.5 Å². The fourth-order valence-corrected chi connectivity index (χ4v) is 7.10. The third-order valence-corrected chi connectivity index (χ3v) is 9.44. The maximum Gasteiger partial charge on any atom is 0.407 e. The number of thiazole rings is 2. The van der Waals surface area contributed by atoms with Crippen molar-refractivity contribution in [1.29, 1.82) is 0 Å². The molecule has 4 rings (SSSR count). The molecular weight excluding hydrogens is 635 g/mol. The Morgan fingerprint density at radius 1 is 1.09 bits per heavy atom. The normalized spacial score (nSPS) is 12.3. The highest BCUT2D eigenvalue weighted by atomic mass is 32.2. The van der Waals surface area contributed by atoms with E-state index in [-0.39, 0.29) is 59.2 Å². The van der Waals surface area contributed by atoms with Gasteiger partial charge in [0, 0.05) is 37.5 Å². The minimum absolute atomic E-state index is 0.0196. The van der Waals surface area contributed by atoms with Crippen molar-refractivity contribution in [3.63, 3.8) is 0 Å². The van der Waals surface area contributed by atoms with Gasteiger partial charge >= 0.3 is 6.09 Å². The fraction of sp³-hybridized carbons (Fsp3) is 0.308. The smallest absolute Gasteiger partial charge is 0.407 e. The van der Waals surface area contributed by atoms with Gasteiger partial charge in [-0.3, -0.25) is 15.1 Å². The number of hydrogen-bond acceptors (Lipinski definition) is 14. The number of benzene rings is 2. The van der Waals surface area contributed by atoms with Gasteiger partial charge in [0.1, 0.15) is 6.61 Å². The lowest BCUT2D eigenvalue weighted by molar-refractivity contribution is 0.102. The molecule has 0 spiro atoms. The third kappa shape index (κ3) is 8.59. The molecule has 0 fully saturated rings. The summed E-state index contributed by atoms with van der Waals surface area (Å²) in [5, 5.41) is 15.9. The molecule has 0 unspecified atom stereocenters. The van der Waals surface area contributed by atoms with Crippen LogP contribution in [-0.2, 0) is 21.4 Å². The maximum atomic E-state index is 13.7. The van der Waals surface area contributed by atoms with E-state index in [1.54, 1.807) is 11.7 Å². The number of alkyl carbamates (subject to hydrolysis) is 1. The second-order valence-electron chi connectivity index (χ2n) is 9.83. The van der Waals surface area contributed by atoms with Crippen LogP contribution in [0.1, 0.15) is 29.1 Å². The molecule has 0 aliphatic carbocycles. The lowest BCUT2D eigenvalue weighted by Gasteiger charge is -2.26. The zero-order chi connectivity index (χ0) is 31.9. The molecule has 2 aromatic carbocycles. The van der Waals surface area contributed by atoms with E-state index in [2.05, 4.69) is 30.3 Å². The molecule has 0 bridgehead atoms. The van der Waals surface area contributed by atoms with Crippen molar-refractivity contribution < 1.29 is 37.5 Å². The molecule has 0 aliphatic heterocycles. The van der Waals surface area contributed by atoms with Crippen LogP contribution < -0.4 is 32.1 Å². The Hall–Kier alpha value is -3.91. The number of amides is 2. The van der Waals surface area contributed by atoms with E-state index >= 15 is 0 Å². The Morgan fingerprint density at radius 2 is 1.82 bits per heavy atom. The molecule has 236 valence electrons. The molecule has 2 amide bonds. The van der Waals surface area contributed by atoms with Gasteiger partial charge in [0.05, 0.1) is 31.6 Å². The van der Waals surface area contributed by atoms with E-state index in [1.165, 1.54) is 52.0 Å². The number of ether oxygens (including phenoxy) is 1. The number of anilines is 1. The predicted molar refractivity (Wildman–Crippen MR) is 164 cm³/mol. The van der Waals surface area contributed by atoms with Gasteiger partial charge < -0.3 is 24.8 Å². The molecule has 4 aromatic rings. The fourth-order valence-electron chi connectivity index (χ4n) is 3.96. The van der Waals surface area contributed by atoms with Gasteiger partial charge in [0.25, 0.3) is 5.91 Å². The molecule has 15 nitrogen and oxygen atoms in total. The number of aliphatic hydroxyl groups excluding tert-OH is 1. The largest absolute Gasteiger partial charge is 0.444 e. The highest BCUT2D eigenvalue weighted by molar-refractivity contribution is 7.89. The average Bonchev–Trinajstić information content (AvgIpc) is 3.67. The molecule has 7 N–H and O–H groups in total. The molecule has 44 heavy (non-hydrogen) atoms. The molecule has 18 heteroatoms. The number of carbonyl (C=O) groups excluding carboxylic acids is 2. The number of nitrogens with zero attached hydrogens (tertiary/aromatic N) is 3. The highest BCUT2D eigenvalue weighted by Crippen LogP contribution is 2.30. The quantitative estimate of drug-likeness (QED) is 0.123. The Bertz CT molecular complexity index is 1670. The van der Waals surface area contributed by atoms with Gasteiger partial charge in [0.2, 0.25) is 10.0 Å². The number of rotatable bonds is 14. The van der Waals surface area contributed by atoms with Crippen LogP contribution in [-0.4, -0.2) is 65.5 Å². The number of fused-ring (bicyclic) bond motifs is 1. The lowest BCUT2D eigenvalue weighted by Crippen LogP contribution is -2.44. The first-order valence-corrected chi connectivity index (χ1v) is 16.2. The van der Waals surface area contributed by atoms with Crippen molar-refractivity contribution in [3.8, 4) is 11.5 Å². The monoisotopic (exact) mass is 665 g/mol. The summed E-state index contributed by atoms with van der Waals surface area (Å²) in [4.78, 5) is 43.2. The second-order valence-corrected chi connectivity index (χ2v) is 13.8. The summed E-state index contributed by atoms with van der Waals surface area (Å²) < 4.78 is 34.1. The number of hydrogen-bond donors (Lipinski definition) is 5. The molecule has 2 heterocycles. The van der Waals surface area contributed by atoms with Gasteiger partial charge in [0.15, 0.2) is 16.6 Å². The minimum atomic E-state index is -4.07. The third-order valence-electron chi connectivity index (χ3n) is 5.93. The van der Waals surface area contributed by atoms with Crippen LogP contribution in [0.25, 0.3) is 10.2 Å². The summed E-state index contributed by atoms with van der Waals surface area (Å²) in [7, 11) is -4.07. The number of sulfonamides is 1. The van der Waals surface area contributed by atoms with Crippen LogP contribution in [0.5, 0.6) is 11.5 Å². The van der Waals surface area contributed by atoms with Gasteiger partial charge in [-0.15, -0.1) is 11.3 Å². The van der Waals surface area contributed by atoms with E-state index in [9.17, 15) is 23.1 Å². The number of carbonyl (C=O) groups is 2. The number of aliphatic hydroxyl groups is 1. The first kappa shape index (κ1) is 33.0. The number of nitrogens with one attached hydrogen (secondary N) is 2. The molecule has 0 saturated carbocycles. The number of nitrogens with two attached hydrogens (primary N) is 2. The summed E-state index contributed by atoms with van der Waals surface area (Å²) in [6, 6.07) is 8.56. The molecule has 0 aliphatic rings. The van der Waals surface area contributed by atoms with Crippen molar-refractivity contribution in [3.05, 3.63) is 58.5 Å². The van der Waals surface area contributed by atoms with Gasteiger partial charge in [-0.25, -0.2) is 18.2 Å². The summed E-state index contributed by atoms with van der Waals surface area (Å²) in [6.45, 7) is 3.37. The Kier molecular flexibility index (Phi) is 11.0. The Balaban J connectivity index is 1.45. The molecular formula is C26H31N7O8S3. The molecule has 2 aromatic heterocycles. The van der Waals surface area contributed by atoms with Crippen LogP contribution in [0.4, 0.5) is 9.93 Å². The standard InChI is InChI=1S/C26H31N7O8S3/c1-15(2)11-33(12-17(34)9-30-26(36)39-13-20-10-29-14-42-20)44(37,38)21-3-4-22-23(8-21)43-25(31-22)32-24(35)16-5-18(40-27)7-19(6-16)41-28/h3-8,10,14-15,17,34H,9,11-13,27-28H2,1-2H3,(H,30,36)(H,31,32,35)/t17-/m0/s1. The Morgan fingerprint density at radius 3 is 2.45 bits per heavy atom. The topological polar surface area (TPSA) is 221 Å². The zero-order valence-corrected chi connectivity index (χ0v) is 26.1. The zero-order valence-electron chi connectivity index (χ0n) is 23.6. The molecule has 0 saturated heterocycles. The van der Waals surface area contributed by atoms with Crippen LogP contribution in [0.15, 0.2) is 53.0 Å². The van der Waals surface area contributed by atoms with E-state index in [0.717, 1.165) is 16.2 Å². The van der Waals surface area contributed by atoms with E-state index in [1.807, 2.05) is 13.8 Å². The molecule has 0 radical (unpaired) electrons. The van der Waals surface area contributed by atoms with E-state index < -0.39 is 28.1 Å². The van der Waals surface area contributed by atoms with Crippen molar-refractivity contribution in [2.24, 2.45) is 17.7 Å². The van der Waals surface area contributed by atoms with Gasteiger partial charge in [-0.2, -0.15) is 16.1 Å². The summed E-state index contributed by atoms with van der Waals surface area (Å²) in [5.41, 5.74) is 2.22. The first-order chi connectivity index (χ1) is 21.0. The number of aromatic nitrogens is 2. The van der Waals surface area contributed by atoms with Gasteiger partial charge in [-0.05, 0) is 36.2 Å². The van der Waals surface area contributed by atoms with Crippen molar-refractivity contribution in [2.75, 3.05) is 25.0 Å². The van der Waals surface area contributed by atoms with Crippen LogP contribution in [0.3, 0.4) is 0 Å². The van der Waals surface area contributed by atoms with E-state index in [0.29, 0.717) is 10.2 Å². The Labute approximate surface area is 260 Å². The lowest BCUT2D eigenvalue weighted by atomic mass is 10.2. The van der Waals surface area contributed by atoms with Crippen molar-refractivity contribution in [2.45, 2.75) is 31.5 Å². The predicted octanol–water partition coefficient (Wildman–Crippen LogP) is 2.44. The average molecular weight is 666 g/mol. The van der Waals surface area contributed by atoms with Crippen LogP contribution >= 0.6 is 22.7 Å². The van der Waals surface area contributed by atoms with Gasteiger partial charge in [-0.1, -0.05) is 25.2 Å².